The van der Waals surface area contributed by atoms with E-state index in [1.54, 1.807) is 0 Å². The van der Waals surface area contributed by atoms with Crippen LogP contribution in [0.15, 0.2) is 12.2 Å². The molecule has 2 bridgehead atoms. The van der Waals surface area contributed by atoms with Crippen LogP contribution in [0.1, 0.15) is 65.7 Å². The Kier molecular flexibility index (Phi) is 2.98. The van der Waals surface area contributed by atoms with Gasteiger partial charge in [0.25, 0.3) is 0 Å². The SMILES string of the molecule is C[C@@H]1C[C@]23CC[C@H]4[C@@](C)(CO)CC=C[C@]4(C)[C@H]2CC[C@H]1C3. The first-order valence-electron chi connectivity index (χ1n) is 9.22. The van der Waals surface area contributed by atoms with E-state index in [9.17, 15) is 5.11 Å². The topological polar surface area (TPSA) is 20.2 Å². The number of hydrogen-bond donors (Lipinski definition) is 1. The van der Waals surface area contributed by atoms with E-state index in [4.69, 9.17) is 0 Å². The van der Waals surface area contributed by atoms with Crippen molar-refractivity contribution in [1.82, 2.24) is 0 Å². The molecular weight excluding hydrogens is 256 g/mol. The Hall–Kier alpha value is -0.300. The monoisotopic (exact) mass is 288 g/mol. The average molecular weight is 288 g/mol. The molecule has 0 aliphatic heterocycles. The fourth-order valence-corrected chi connectivity index (χ4v) is 7.54. The van der Waals surface area contributed by atoms with Crippen LogP contribution in [-0.2, 0) is 0 Å². The summed E-state index contributed by atoms with van der Waals surface area (Å²) in [5.41, 5.74) is 1.10. The minimum Gasteiger partial charge on any atom is -0.396 e. The molecule has 0 heterocycles. The molecule has 4 aliphatic rings. The highest BCUT2D eigenvalue weighted by molar-refractivity contribution is 5.20. The van der Waals surface area contributed by atoms with Crippen molar-refractivity contribution in [2.45, 2.75) is 65.7 Å². The minimum absolute atomic E-state index is 0.117. The van der Waals surface area contributed by atoms with Gasteiger partial charge in [0, 0.05) is 6.61 Å². The highest BCUT2D eigenvalue weighted by atomic mass is 16.3. The maximum atomic E-state index is 10.0. The van der Waals surface area contributed by atoms with Gasteiger partial charge in [-0.05, 0) is 84.9 Å². The van der Waals surface area contributed by atoms with E-state index < -0.39 is 0 Å². The van der Waals surface area contributed by atoms with Crippen LogP contribution in [0.2, 0.25) is 0 Å². The quantitative estimate of drug-likeness (QED) is 0.687. The van der Waals surface area contributed by atoms with E-state index in [1.807, 2.05) is 0 Å². The summed E-state index contributed by atoms with van der Waals surface area (Å²) in [6.45, 7) is 7.73. The minimum atomic E-state index is 0.117. The summed E-state index contributed by atoms with van der Waals surface area (Å²) in [6.07, 6.45) is 14.7. The molecule has 1 N–H and O–H groups in total. The first-order valence-corrected chi connectivity index (χ1v) is 9.22. The van der Waals surface area contributed by atoms with Gasteiger partial charge in [-0.3, -0.25) is 0 Å². The molecule has 0 aromatic heterocycles. The predicted molar refractivity (Wildman–Crippen MR) is 86.8 cm³/mol. The standard InChI is InChI=1S/C20H32O/c1-14-11-20-10-7-16-18(2,13-21)8-4-9-19(16,3)17(20)6-5-15(14)12-20/h4,9,14-17,21H,5-8,10-13H2,1-3H3/t14-,15+,16+,17-,18-,19+,20+/m1/s1. The normalized spacial score (nSPS) is 58.7. The van der Waals surface area contributed by atoms with E-state index in [0.717, 1.165) is 24.2 Å². The van der Waals surface area contributed by atoms with E-state index in [1.165, 1.54) is 38.5 Å². The molecule has 7 atom stereocenters. The highest BCUT2D eigenvalue weighted by Gasteiger charge is 2.63. The lowest BCUT2D eigenvalue weighted by molar-refractivity contribution is -0.114. The van der Waals surface area contributed by atoms with Crippen LogP contribution in [0.3, 0.4) is 0 Å². The smallest absolute Gasteiger partial charge is 0.0490 e. The lowest BCUT2D eigenvalue weighted by Crippen LogP contribution is -2.55. The second-order valence-electron chi connectivity index (χ2n) is 9.51. The third kappa shape index (κ3) is 1.73. The Morgan fingerprint density at radius 3 is 2.67 bits per heavy atom. The molecule has 0 aromatic rings. The maximum Gasteiger partial charge on any atom is 0.0490 e. The lowest BCUT2D eigenvalue weighted by Gasteiger charge is -2.62. The van der Waals surface area contributed by atoms with E-state index in [-0.39, 0.29) is 5.41 Å². The van der Waals surface area contributed by atoms with Gasteiger partial charge in [0.2, 0.25) is 0 Å². The van der Waals surface area contributed by atoms with Gasteiger partial charge in [0.1, 0.15) is 0 Å². The Bertz CT molecular complexity index is 464. The van der Waals surface area contributed by atoms with Crippen molar-refractivity contribution in [2.24, 2.45) is 39.9 Å². The summed E-state index contributed by atoms with van der Waals surface area (Å²) >= 11 is 0. The molecule has 4 aliphatic carbocycles. The van der Waals surface area contributed by atoms with Gasteiger partial charge in [-0.2, -0.15) is 0 Å². The molecule has 3 fully saturated rings. The fraction of sp³-hybridized carbons (Fsp3) is 0.900. The zero-order valence-corrected chi connectivity index (χ0v) is 14.1. The molecule has 1 nitrogen and oxygen atoms in total. The number of allylic oxidation sites excluding steroid dienone is 2. The number of hydrogen-bond acceptors (Lipinski definition) is 1. The molecule has 3 saturated carbocycles. The fourth-order valence-electron chi connectivity index (χ4n) is 7.54. The van der Waals surface area contributed by atoms with E-state index in [2.05, 4.69) is 32.9 Å². The molecule has 118 valence electrons. The zero-order valence-electron chi connectivity index (χ0n) is 14.1. The van der Waals surface area contributed by atoms with Crippen LogP contribution in [0.25, 0.3) is 0 Å². The summed E-state index contributed by atoms with van der Waals surface area (Å²) in [7, 11) is 0. The Morgan fingerprint density at radius 1 is 1.10 bits per heavy atom. The molecule has 1 heteroatoms. The van der Waals surface area contributed by atoms with Crippen molar-refractivity contribution in [2.75, 3.05) is 6.61 Å². The highest BCUT2D eigenvalue weighted by Crippen LogP contribution is 2.71. The number of aliphatic hydroxyl groups excluding tert-OH is 1. The molecule has 0 amide bonds. The lowest BCUT2D eigenvalue weighted by atomic mass is 9.42. The molecule has 1 spiro atoms. The second-order valence-corrected chi connectivity index (χ2v) is 9.51. The molecule has 0 unspecified atom stereocenters. The van der Waals surface area contributed by atoms with Crippen LogP contribution < -0.4 is 0 Å². The van der Waals surface area contributed by atoms with Crippen LogP contribution in [0.4, 0.5) is 0 Å². The first-order chi connectivity index (χ1) is 9.94. The number of fused-ring (bicyclic) bond motifs is 3. The molecular formula is C20H32O. The molecule has 4 rings (SSSR count). The second kappa shape index (κ2) is 4.37. The Morgan fingerprint density at radius 2 is 1.90 bits per heavy atom. The van der Waals surface area contributed by atoms with Crippen LogP contribution >= 0.6 is 0 Å². The van der Waals surface area contributed by atoms with Gasteiger partial charge in [-0.15, -0.1) is 0 Å². The maximum absolute atomic E-state index is 10.0. The van der Waals surface area contributed by atoms with Crippen molar-refractivity contribution in [3.05, 3.63) is 12.2 Å². The van der Waals surface area contributed by atoms with Crippen LogP contribution in [0.5, 0.6) is 0 Å². The largest absolute Gasteiger partial charge is 0.396 e. The van der Waals surface area contributed by atoms with Crippen LogP contribution in [0, 0.1) is 39.9 Å². The van der Waals surface area contributed by atoms with Crippen molar-refractivity contribution >= 4 is 0 Å². The van der Waals surface area contributed by atoms with Crippen molar-refractivity contribution in [1.29, 1.82) is 0 Å². The van der Waals surface area contributed by atoms with Gasteiger partial charge >= 0.3 is 0 Å². The summed E-state index contributed by atoms with van der Waals surface area (Å²) in [6, 6.07) is 0. The van der Waals surface area contributed by atoms with Gasteiger partial charge in [-0.25, -0.2) is 0 Å². The third-order valence-electron chi connectivity index (χ3n) is 8.46. The van der Waals surface area contributed by atoms with Gasteiger partial charge in [-0.1, -0.05) is 32.9 Å². The Balaban J connectivity index is 1.75. The summed E-state index contributed by atoms with van der Waals surface area (Å²) in [5.74, 6) is 3.51. The predicted octanol–water partition coefficient (Wildman–Crippen LogP) is 4.80. The molecule has 21 heavy (non-hydrogen) atoms. The summed E-state index contributed by atoms with van der Waals surface area (Å²) in [5, 5.41) is 10.0. The van der Waals surface area contributed by atoms with Gasteiger partial charge < -0.3 is 5.11 Å². The van der Waals surface area contributed by atoms with E-state index >= 15 is 0 Å². The van der Waals surface area contributed by atoms with Gasteiger partial charge in [0.05, 0.1) is 0 Å². The van der Waals surface area contributed by atoms with Crippen molar-refractivity contribution in [3.63, 3.8) is 0 Å². The van der Waals surface area contributed by atoms with Gasteiger partial charge in [0.15, 0.2) is 0 Å². The summed E-state index contributed by atoms with van der Waals surface area (Å²) < 4.78 is 0. The average Bonchev–Trinajstić information content (AvgIpc) is 2.68. The Labute approximate surface area is 130 Å². The summed E-state index contributed by atoms with van der Waals surface area (Å²) in [4.78, 5) is 0. The number of aliphatic hydroxyl groups is 1. The van der Waals surface area contributed by atoms with Crippen molar-refractivity contribution in [3.8, 4) is 0 Å². The molecule has 0 saturated heterocycles. The molecule has 0 aromatic carbocycles. The molecule has 0 radical (unpaired) electrons. The zero-order chi connectivity index (χ0) is 14.9. The first kappa shape index (κ1) is 14.3. The van der Waals surface area contributed by atoms with E-state index in [0.29, 0.717) is 23.4 Å². The number of rotatable bonds is 1. The van der Waals surface area contributed by atoms with Crippen LogP contribution in [-0.4, -0.2) is 11.7 Å². The third-order valence-corrected chi connectivity index (χ3v) is 8.46. The van der Waals surface area contributed by atoms with Crippen molar-refractivity contribution < 1.29 is 5.11 Å².